The molecule has 0 nitrogen and oxygen atoms in total. The van der Waals surface area contributed by atoms with Crippen LogP contribution in [-0.2, 0) is 17.9 Å². The predicted octanol–water partition coefficient (Wildman–Crippen LogP) is 7.79. The van der Waals surface area contributed by atoms with Gasteiger partial charge in [-0.1, -0.05) is 0 Å². The van der Waals surface area contributed by atoms with Crippen molar-refractivity contribution in [3.05, 3.63) is 130 Å². The van der Waals surface area contributed by atoms with Crippen molar-refractivity contribution in [1.82, 2.24) is 0 Å². The van der Waals surface area contributed by atoms with Crippen molar-refractivity contribution >= 4 is 13.2 Å². The Labute approximate surface area is 201 Å². The molecule has 0 aromatic heterocycles. The predicted molar refractivity (Wildman–Crippen MR) is 144 cm³/mol. The molecule has 6 rings (SSSR count). The second kappa shape index (κ2) is 7.24. The Kier molecular flexibility index (Phi) is 4.72. The summed E-state index contributed by atoms with van der Waals surface area (Å²) in [6, 6.07) is 14.5. The van der Waals surface area contributed by atoms with Gasteiger partial charge in [0.15, 0.2) is 0 Å². The summed E-state index contributed by atoms with van der Waals surface area (Å²) in [4.78, 5) is 0. The van der Waals surface area contributed by atoms with E-state index in [2.05, 4.69) is 115 Å². The fourth-order valence-electron chi connectivity index (χ4n) is 7.00. The number of allylic oxidation sites excluding steroid dienone is 10. The summed E-state index contributed by atoms with van der Waals surface area (Å²) in [7, 11) is 0. The van der Waals surface area contributed by atoms with Crippen LogP contribution in [0.2, 0.25) is 15.8 Å². The Bertz CT molecular complexity index is 1300. The maximum absolute atomic E-state index is 3.61. The Morgan fingerprint density at radius 1 is 0.667 bits per heavy atom. The fraction of sp³-hybridized carbons (Fsp3) is 0.226. The monoisotopic (exact) mass is 523 g/mol. The molecule has 2 aromatic rings. The van der Waals surface area contributed by atoms with Gasteiger partial charge in [0.1, 0.15) is 0 Å². The van der Waals surface area contributed by atoms with E-state index in [0.717, 1.165) is 0 Å². The van der Waals surface area contributed by atoms with E-state index < -0.39 is 17.9 Å². The van der Waals surface area contributed by atoms with E-state index >= 15 is 0 Å². The van der Waals surface area contributed by atoms with E-state index in [9.17, 15) is 0 Å². The zero-order chi connectivity index (χ0) is 23.0. The second-order valence-corrected chi connectivity index (χ2v) is 45.5. The molecule has 4 aliphatic rings. The van der Waals surface area contributed by atoms with Crippen LogP contribution >= 0.6 is 0 Å². The number of fused-ring (bicyclic) bond motifs is 6. The van der Waals surface area contributed by atoms with Crippen LogP contribution in [0.25, 0.3) is 6.56 Å². The van der Waals surface area contributed by atoms with Crippen molar-refractivity contribution in [2.24, 2.45) is 0 Å². The molecule has 2 heteroatoms. The summed E-state index contributed by atoms with van der Waals surface area (Å²) in [5.74, 6) is 0.853. The first-order valence-electron chi connectivity index (χ1n) is 12.4. The third kappa shape index (κ3) is 2.90. The first kappa shape index (κ1) is 21.5. The van der Waals surface area contributed by atoms with Gasteiger partial charge in [0.2, 0.25) is 0 Å². The Morgan fingerprint density at radius 3 is 1.55 bits per heavy atom. The molecule has 2 unspecified atom stereocenters. The Morgan fingerprint density at radius 2 is 1.12 bits per heavy atom. The normalized spacial score (nSPS) is 23.7. The van der Waals surface area contributed by atoms with E-state index in [4.69, 9.17) is 0 Å². The number of hydrogen-bond donors (Lipinski definition) is 0. The summed E-state index contributed by atoms with van der Waals surface area (Å²) < 4.78 is 9.15. The van der Waals surface area contributed by atoms with Crippen LogP contribution in [0, 0.1) is 13.8 Å². The van der Waals surface area contributed by atoms with Crippen molar-refractivity contribution in [3.8, 4) is 0 Å². The first-order valence-corrected chi connectivity index (χ1v) is 27.1. The van der Waals surface area contributed by atoms with E-state index in [0.29, 0.717) is 11.8 Å². The van der Waals surface area contributed by atoms with Crippen LogP contribution in [-0.4, -0.2) is 6.65 Å². The third-order valence-electron chi connectivity index (χ3n) is 8.92. The van der Waals surface area contributed by atoms with Gasteiger partial charge in [-0.2, -0.15) is 0 Å². The van der Waals surface area contributed by atoms with Crippen LogP contribution < -0.4 is 0 Å². The van der Waals surface area contributed by atoms with Gasteiger partial charge in [-0.3, -0.25) is 0 Å². The minimum absolute atomic E-state index is 0.344. The SMILES string of the molecule is C[SiH2][Zr]([CH3])([CH3])([C]1=C2C=CC=CC2c2ccc(C)cc21)[C]1=C2C=CC=CC2c2ccc(C)cc21. The molecule has 33 heavy (non-hydrogen) atoms. The van der Waals surface area contributed by atoms with E-state index in [1.807, 2.05) is 0 Å². The average molecular weight is 525 g/mol. The molecular weight excluding hydrogens is 492 g/mol. The molecule has 0 saturated heterocycles. The van der Waals surface area contributed by atoms with Gasteiger partial charge in [-0.05, 0) is 0 Å². The van der Waals surface area contributed by atoms with Gasteiger partial charge < -0.3 is 0 Å². The van der Waals surface area contributed by atoms with Gasteiger partial charge in [0.25, 0.3) is 0 Å². The molecule has 165 valence electrons. The van der Waals surface area contributed by atoms with E-state index in [-0.39, 0.29) is 6.65 Å². The standard InChI is InChI=1S/2C14H11.CH5Si.2CH3.Zr/c2*1-10-6-7-14-12(8-10)9-11-4-2-3-5-13(11)14;1-2;;;/h2*2-8,13H,1H3;2H2,1H3;2*1H3;. The van der Waals surface area contributed by atoms with Crippen molar-refractivity contribution in [2.45, 2.75) is 41.5 Å². The van der Waals surface area contributed by atoms with Crippen LogP contribution in [0.3, 0.4) is 0 Å². The minimum atomic E-state index is -3.61. The molecule has 0 spiro atoms. The van der Waals surface area contributed by atoms with Crippen LogP contribution in [0.1, 0.15) is 45.2 Å². The molecule has 0 heterocycles. The zero-order valence-electron chi connectivity index (χ0n) is 20.4. The summed E-state index contributed by atoms with van der Waals surface area (Å²) in [6.45, 7) is 6.79. The van der Waals surface area contributed by atoms with Crippen LogP contribution in [0.5, 0.6) is 0 Å². The maximum atomic E-state index is 2.79. The molecule has 2 aromatic carbocycles. The molecule has 0 N–H and O–H groups in total. The molecular formula is C31H33SiZr. The number of rotatable bonds is 3. The fourth-order valence-corrected chi connectivity index (χ4v) is 29.2. The van der Waals surface area contributed by atoms with Crippen molar-refractivity contribution in [1.29, 1.82) is 0 Å². The molecule has 0 bridgehead atoms. The van der Waals surface area contributed by atoms with Gasteiger partial charge in [-0.15, -0.1) is 0 Å². The number of hydrogen-bond acceptors (Lipinski definition) is 0. The van der Waals surface area contributed by atoms with Gasteiger partial charge >= 0.3 is 202 Å². The quantitative estimate of drug-likeness (QED) is 0.360. The van der Waals surface area contributed by atoms with Crippen molar-refractivity contribution in [3.63, 3.8) is 0 Å². The van der Waals surface area contributed by atoms with Gasteiger partial charge in [0.05, 0.1) is 0 Å². The van der Waals surface area contributed by atoms with Gasteiger partial charge in [0, 0.05) is 0 Å². The van der Waals surface area contributed by atoms with Crippen molar-refractivity contribution in [2.75, 3.05) is 0 Å². The van der Waals surface area contributed by atoms with Gasteiger partial charge in [-0.25, -0.2) is 0 Å². The average Bonchev–Trinajstić information content (AvgIpc) is 3.32. The summed E-state index contributed by atoms with van der Waals surface area (Å²) in [6.07, 6.45) is 18.8. The molecule has 0 radical (unpaired) electrons. The summed E-state index contributed by atoms with van der Waals surface area (Å²) in [5.41, 5.74) is 12.2. The van der Waals surface area contributed by atoms with E-state index in [1.165, 1.54) is 22.3 Å². The molecule has 0 aliphatic heterocycles. The second-order valence-electron chi connectivity index (χ2n) is 11.3. The molecule has 0 amide bonds. The summed E-state index contributed by atoms with van der Waals surface area (Å²) in [5, 5.41) is 0. The van der Waals surface area contributed by atoms with Crippen LogP contribution in [0.4, 0.5) is 0 Å². The third-order valence-corrected chi connectivity index (χ3v) is 41.5. The van der Waals surface area contributed by atoms with Crippen molar-refractivity contribution < 1.29 is 17.9 Å². The van der Waals surface area contributed by atoms with Crippen LogP contribution in [0.15, 0.2) is 96.2 Å². The number of benzene rings is 2. The Balaban J connectivity index is 1.72. The molecule has 0 saturated carbocycles. The van der Waals surface area contributed by atoms with E-state index in [1.54, 1.807) is 28.8 Å². The topological polar surface area (TPSA) is 0 Å². The molecule has 4 aliphatic carbocycles. The molecule has 2 atom stereocenters. The zero-order valence-corrected chi connectivity index (χ0v) is 24.3. The molecule has 0 fully saturated rings. The first-order chi connectivity index (χ1) is 15.8. The number of aryl methyl sites for hydroxylation is 2. The Hall–Kier alpha value is -2.02. The summed E-state index contributed by atoms with van der Waals surface area (Å²) >= 11 is -3.61.